The number of nitrogens with zero attached hydrogens (tertiary/aromatic N) is 3. The molecule has 3 aromatic rings. The van der Waals surface area contributed by atoms with Gasteiger partial charge in [-0.15, -0.1) is 0 Å². The van der Waals surface area contributed by atoms with Gasteiger partial charge >= 0.3 is 0 Å². The summed E-state index contributed by atoms with van der Waals surface area (Å²) in [6.07, 6.45) is 0. The standard InChI is InChI=1S/C21H21ClN4O2/c1-13(27)23-9-10-25(2)11-12-26-17-8-4-6-15-19(17)20(24-26)14-5-3-7-16(22)18(14)21(15)28/h3-8H,9-12H2,1-2H3,(H,23,27). The minimum Gasteiger partial charge on any atom is -0.355 e. The summed E-state index contributed by atoms with van der Waals surface area (Å²) in [7, 11) is 2.01. The molecule has 144 valence electrons. The van der Waals surface area contributed by atoms with Gasteiger partial charge in [0.25, 0.3) is 0 Å². The van der Waals surface area contributed by atoms with E-state index in [1.165, 1.54) is 6.92 Å². The first-order valence-electron chi connectivity index (χ1n) is 9.23. The van der Waals surface area contributed by atoms with E-state index in [4.69, 9.17) is 16.7 Å². The van der Waals surface area contributed by atoms with Gasteiger partial charge in [-0.2, -0.15) is 5.10 Å². The minimum atomic E-state index is -0.0503. The molecule has 0 saturated carbocycles. The second-order valence-electron chi connectivity index (χ2n) is 7.05. The van der Waals surface area contributed by atoms with Crippen LogP contribution in [0.25, 0.3) is 22.2 Å². The van der Waals surface area contributed by atoms with Crippen molar-refractivity contribution in [3.05, 3.63) is 52.5 Å². The second-order valence-corrected chi connectivity index (χ2v) is 7.46. The lowest BCUT2D eigenvalue weighted by Gasteiger charge is -2.16. The molecule has 0 unspecified atom stereocenters. The molecule has 4 rings (SSSR count). The molecule has 0 spiro atoms. The molecule has 7 heteroatoms. The quantitative estimate of drug-likeness (QED) is 0.544. The highest BCUT2D eigenvalue weighted by atomic mass is 35.5. The maximum atomic E-state index is 13.0. The van der Waals surface area contributed by atoms with E-state index < -0.39 is 0 Å². The zero-order valence-corrected chi connectivity index (χ0v) is 16.6. The molecule has 0 aliphatic heterocycles. The Kier molecular flexibility index (Phi) is 4.91. The number of likely N-dealkylation sites (N-methyl/N-ethyl adjacent to an activating group) is 1. The van der Waals surface area contributed by atoms with Crippen LogP contribution in [0.4, 0.5) is 0 Å². The van der Waals surface area contributed by atoms with Gasteiger partial charge in [0.15, 0.2) is 5.78 Å². The SMILES string of the molecule is CC(=O)NCCN(C)CCn1nc2c3c(cccc31)C(=O)c1c(Cl)cccc1-2. The number of carbonyl (C=O) groups excluding carboxylic acids is 2. The molecule has 1 heterocycles. The van der Waals surface area contributed by atoms with Gasteiger partial charge in [0, 0.05) is 43.1 Å². The molecule has 1 aliphatic rings. The van der Waals surface area contributed by atoms with Gasteiger partial charge < -0.3 is 10.2 Å². The molecule has 0 radical (unpaired) electrons. The molecule has 28 heavy (non-hydrogen) atoms. The van der Waals surface area contributed by atoms with Crippen LogP contribution in [-0.2, 0) is 11.3 Å². The third-order valence-electron chi connectivity index (χ3n) is 5.08. The van der Waals surface area contributed by atoms with E-state index in [0.717, 1.165) is 35.2 Å². The molecule has 1 N–H and O–H groups in total. The zero-order valence-electron chi connectivity index (χ0n) is 15.8. The number of hydrogen-bond acceptors (Lipinski definition) is 4. The summed E-state index contributed by atoms with van der Waals surface area (Å²) in [5.41, 5.74) is 3.73. The largest absolute Gasteiger partial charge is 0.355 e. The number of rotatable bonds is 6. The molecule has 2 aromatic carbocycles. The van der Waals surface area contributed by atoms with Crippen molar-refractivity contribution < 1.29 is 9.59 Å². The van der Waals surface area contributed by atoms with Crippen molar-refractivity contribution in [1.82, 2.24) is 20.0 Å². The lowest BCUT2D eigenvalue weighted by molar-refractivity contribution is -0.119. The molecule has 0 atom stereocenters. The number of amides is 1. The van der Waals surface area contributed by atoms with Gasteiger partial charge in [0.05, 0.1) is 22.6 Å². The Bertz CT molecular complexity index is 1090. The van der Waals surface area contributed by atoms with Crippen molar-refractivity contribution in [2.24, 2.45) is 0 Å². The van der Waals surface area contributed by atoms with Crippen LogP contribution in [0.15, 0.2) is 36.4 Å². The van der Waals surface area contributed by atoms with E-state index in [9.17, 15) is 9.59 Å². The molecule has 1 aliphatic carbocycles. The number of aromatic nitrogens is 2. The fourth-order valence-electron chi connectivity index (χ4n) is 3.66. The highest BCUT2D eigenvalue weighted by Crippen LogP contribution is 2.41. The Balaban J connectivity index is 1.65. The lowest BCUT2D eigenvalue weighted by atomic mass is 9.87. The summed E-state index contributed by atoms with van der Waals surface area (Å²) in [6, 6.07) is 11.2. The number of carbonyl (C=O) groups is 2. The van der Waals surface area contributed by atoms with Crippen LogP contribution in [0.1, 0.15) is 22.8 Å². The predicted octanol–water partition coefficient (Wildman–Crippen LogP) is 2.97. The number of nitrogens with one attached hydrogen (secondary N) is 1. The van der Waals surface area contributed by atoms with Crippen molar-refractivity contribution in [3.8, 4) is 11.3 Å². The number of ketones is 1. The maximum absolute atomic E-state index is 13.0. The fraction of sp³-hybridized carbons (Fsp3) is 0.286. The molecule has 0 bridgehead atoms. The number of benzene rings is 2. The van der Waals surface area contributed by atoms with Crippen molar-refractivity contribution in [3.63, 3.8) is 0 Å². The third-order valence-corrected chi connectivity index (χ3v) is 5.39. The smallest absolute Gasteiger partial charge is 0.216 e. The van der Waals surface area contributed by atoms with Crippen LogP contribution in [0.2, 0.25) is 5.02 Å². The summed E-state index contributed by atoms with van der Waals surface area (Å²) in [5, 5.41) is 8.98. The minimum absolute atomic E-state index is 0.0240. The van der Waals surface area contributed by atoms with Crippen LogP contribution in [0.5, 0.6) is 0 Å². The van der Waals surface area contributed by atoms with Crippen LogP contribution < -0.4 is 5.32 Å². The molecular formula is C21H21ClN4O2. The van der Waals surface area contributed by atoms with Gasteiger partial charge in [-0.05, 0) is 19.2 Å². The van der Waals surface area contributed by atoms with E-state index in [1.807, 2.05) is 42.1 Å². The summed E-state index contributed by atoms with van der Waals surface area (Å²) in [5.74, 6) is -0.0744. The van der Waals surface area contributed by atoms with Crippen LogP contribution in [0.3, 0.4) is 0 Å². The highest BCUT2D eigenvalue weighted by Gasteiger charge is 2.30. The first-order valence-corrected chi connectivity index (χ1v) is 9.61. The maximum Gasteiger partial charge on any atom is 0.216 e. The van der Waals surface area contributed by atoms with Gasteiger partial charge in [-0.1, -0.05) is 35.9 Å². The average molecular weight is 397 g/mol. The summed E-state index contributed by atoms with van der Waals surface area (Å²) < 4.78 is 1.95. The molecule has 6 nitrogen and oxygen atoms in total. The monoisotopic (exact) mass is 396 g/mol. The Morgan fingerprint density at radius 3 is 2.71 bits per heavy atom. The summed E-state index contributed by atoms with van der Waals surface area (Å²) in [4.78, 5) is 26.1. The first-order chi connectivity index (χ1) is 13.5. The topological polar surface area (TPSA) is 67.2 Å². The van der Waals surface area contributed by atoms with Crippen molar-refractivity contribution in [2.45, 2.75) is 13.5 Å². The number of halogens is 1. The first kappa shape index (κ1) is 18.7. The Morgan fingerprint density at radius 2 is 1.93 bits per heavy atom. The summed E-state index contributed by atoms with van der Waals surface area (Å²) >= 11 is 6.33. The van der Waals surface area contributed by atoms with Gasteiger partial charge in [-0.25, -0.2) is 0 Å². The molecule has 0 fully saturated rings. The Morgan fingerprint density at radius 1 is 1.18 bits per heavy atom. The fourth-order valence-corrected chi connectivity index (χ4v) is 3.92. The molecular weight excluding hydrogens is 376 g/mol. The Labute approximate surface area is 168 Å². The lowest BCUT2D eigenvalue weighted by Crippen LogP contribution is -2.33. The van der Waals surface area contributed by atoms with Crippen LogP contribution >= 0.6 is 11.6 Å². The molecule has 1 amide bonds. The van der Waals surface area contributed by atoms with E-state index in [0.29, 0.717) is 29.2 Å². The van der Waals surface area contributed by atoms with E-state index in [-0.39, 0.29) is 11.7 Å². The molecule has 1 aromatic heterocycles. The van der Waals surface area contributed by atoms with Crippen molar-refractivity contribution in [2.75, 3.05) is 26.7 Å². The summed E-state index contributed by atoms with van der Waals surface area (Å²) in [6.45, 7) is 4.34. The zero-order chi connectivity index (χ0) is 19.8. The van der Waals surface area contributed by atoms with E-state index >= 15 is 0 Å². The third kappa shape index (κ3) is 3.19. The van der Waals surface area contributed by atoms with Gasteiger partial charge in [0.1, 0.15) is 5.69 Å². The van der Waals surface area contributed by atoms with Crippen LogP contribution in [0, 0.1) is 0 Å². The van der Waals surface area contributed by atoms with E-state index in [1.54, 1.807) is 6.07 Å². The highest BCUT2D eigenvalue weighted by molar-refractivity contribution is 6.38. The van der Waals surface area contributed by atoms with Crippen molar-refractivity contribution in [1.29, 1.82) is 0 Å². The number of fused-ring (bicyclic) bond motifs is 2. The second kappa shape index (κ2) is 7.37. The van der Waals surface area contributed by atoms with E-state index in [2.05, 4.69) is 10.2 Å². The van der Waals surface area contributed by atoms with Crippen LogP contribution in [-0.4, -0.2) is 53.1 Å². The normalized spacial score (nSPS) is 12.5. The van der Waals surface area contributed by atoms with Gasteiger partial charge in [-0.3, -0.25) is 14.3 Å². The predicted molar refractivity (Wildman–Crippen MR) is 110 cm³/mol. The van der Waals surface area contributed by atoms with Crippen molar-refractivity contribution >= 4 is 34.2 Å². The molecule has 0 saturated heterocycles. The average Bonchev–Trinajstić information content (AvgIpc) is 3.04. The number of hydrogen-bond donors (Lipinski definition) is 1. The Hall–Kier alpha value is -2.70. The van der Waals surface area contributed by atoms with Gasteiger partial charge in [0.2, 0.25) is 5.91 Å².